The Morgan fingerprint density at radius 2 is 1.82 bits per heavy atom. The SMILES string of the molecule is OC(COCc1ccco1)CSc1nnc(-c2ccco2)n1-c1ccccc1. The Balaban J connectivity index is 1.44. The summed E-state index contributed by atoms with van der Waals surface area (Å²) in [5.74, 6) is 2.39. The number of thioether (sulfide) groups is 1. The van der Waals surface area contributed by atoms with Crippen LogP contribution in [0.5, 0.6) is 0 Å². The standard InChI is InChI=1S/C20H19N3O4S/c24-16(12-25-13-17-8-4-10-26-17)14-28-20-22-21-19(18-9-5-11-27-18)23(20)15-6-2-1-3-7-15/h1-11,16,24H,12-14H2. The Morgan fingerprint density at radius 1 is 1.00 bits per heavy atom. The monoisotopic (exact) mass is 397 g/mol. The smallest absolute Gasteiger partial charge is 0.205 e. The van der Waals surface area contributed by atoms with Crippen LogP contribution in [-0.2, 0) is 11.3 Å². The number of ether oxygens (including phenoxy) is 1. The highest BCUT2D eigenvalue weighted by atomic mass is 32.2. The highest BCUT2D eigenvalue weighted by Crippen LogP contribution is 2.28. The molecule has 0 saturated heterocycles. The second-order valence-electron chi connectivity index (χ2n) is 6.01. The number of nitrogens with zero attached hydrogens (tertiary/aromatic N) is 3. The van der Waals surface area contributed by atoms with Gasteiger partial charge < -0.3 is 18.7 Å². The van der Waals surface area contributed by atoms with Gasteiger partial charge in [-0.3, -0.25) is 4.57 Å². The van der Waals surface area contributed by atoms with E-state index in [-0.39, 0.29) is 6.61 Å². The van der Waals surface area contributed by atoms with Gasteiger partial charge in [-0.1, -0.05) is 30.0 Å². The zero-order valence-electron chi connectivity index (χ0n) is 15.0. The molecule has 3 aromatic heterocycles. The van der Waals surface area contributed by atoms with Gasteiger partial charge in [-0.2, -0.15) is 0 Å². The summed E-state index contributed by atoms with van der Waals surface area (Å²) in [6, 6.07) is 17.1. The largest absolute Gasteiger partial charge is 0.467 e. The molecule has 3 heterocycles. The molecular formula is C20H19N3O4S. The predicted octanol–water partition coefficient (Wildman–Crippen LogP) is 3.79. The summed E-state index contributed by atoms with van der Waals surface area (Å²) in [6.07, 6.45) is 2.55. The Morgan fingerprint density at radius 3 is 2.57 bits per heavy atom. The molecule has 0 aliphatic rings. The molecule has 1 unspecified atom stereocenters. The summed E-state index contributed by atoms with van der Waals surface area (Å²) in [5.41, 5.74) is 0.921. The molecule has 0 aliphatic heterocycles. The third-order valence-corrected chi connectivity index (χ3v) is 5.00. The summed E-state index contributed by atoms with van der Waals surface area (Å²) in [4.78, 5) is 0. The van der Waals surface area contributed by atoms with E-state index >= 15 is 0 Å². The number of aromatic nitrogens is 3. The molecule has 8 heteroatoms. The van der Waals surface area contributed by atoms with Crippen molar-refractivity contribution >= 4 is 11.8 Å². The van der Waals surface area contributed by atoms with E-state index in [1.54, 1.807) is 18.6 Å². The van der Waals surface area contributed by atoms with Gasteiger partial charge in [0.05, 0.1) is 25.2 Å². The van der Waals surface area contributed by atoms with Gasteiger partial charge in [0.2, 0.25) is 5.82 Å². The van der Waals surface area contributed by atoms with Crippen LogP contribution in [0.4, 0.5) is 0 Å². The van der Waals surface area contributed by atoms with Crippen LogP contribution in [0.1, 0.15) is 5.76 Å². The van der Waals surface area contributed by atoms with Crippen LogP contribution in [0.15, 0.2) is 81.1 Å². The van der Waals surface area contributed by atoms with Gasteiger partial charge in [0.25, 0.3) is 0 Å². The van der Waals surface area contributed by atoms with Crippen molar-refractivity contribution in [2.24, 2.45) is 0 Å². The van der Waals surface area contributed by atoms with E-state index < -0.39 is 6.10 Å². The Kier molecular flexibility index (Phi) is 5.91. The van der Waals surface area contributed by atoms with Crippen LogP contribution in [0.25, 0.3) is 17.3 Å². The average molecular weight is 397 g/mol. The van der Waals surface area contributed by atoms with Crippen molar-refractivity contribution in [3.8, 4) is 17.3 Å². The molecule has 0 fully saturated rings. The first kappa shape index (κ1) is 18.5. The lowest BCUT2D eigenvalue weighted by Crippen LogP contribution is -2.18. The zero-order valence-corrected chi connectivity index (χ0v) is 15.8. The van der Waals surface area contributed by atoms with Crippen LogP contribution in [0.2, 0.25) is 0 Å². The van der Waals surface area contributed by atoms with Crippen LogP contribution >= 0.6 is 11.8 Å². The molecular weight excluding hydrogens is 378 g/mol. The van der Waals surface area contributed by atoms with Gasteiger partial charge in [-0.15, -0.1) is 10.2 Å². The number of para-hydroxylation sites is 1. The number of aliphatic hydroxyl groups excluding tert-OH is 1. The molecule has 1 aromatic carbocycles. The minimum atomic E-state index is -0.645. The fraction of sp³-hybridized carbons (Fsp3) is 0.200. The second-order valence-corrected chi connectivity index (χ2v) is 7.00. The number of rotatable bonds is 9. The number of furan rings is 2. The van der Waals surface area contributed by atoms with E-state index in [1.165, 1.54) is 11.8 Å². The van der Waals surface area contributed by atoms with Gasteiger partial charge in [-0.25, -0.2) is 0 Å². The number of aliphatic hydroxyl groups is 1. The third-order valence-electron chi connectivity index (χ3n) is 3.93. The maximum Gasteiger partial charge on any atom is 0.205 e. The van der Waals surface area contributed by atoms with Crippen LogP contribution in [0, 0.1) is 0 Å². The maximum atomic E-state index is 10.2. The average Bonchev–Trinajstić information content (AvgIpc) is 3.48. The summed E-state index contributed by atoms with van der Waals surface area (Å²) in [6.45, 7) is 0.537. The molecule has 0 radical (unpaired) electrons. The molecule has 0 amide bonds. The van der Waals surface area contributed by atoms with Crippen LogP contribution in [-0.4, -0.2) is 38.3 Å². The summed E-state index contributed by atoms with van der Waals surface area (Å²) in [5, 5.41) is 19.5. The van der Waals surface area contributed by atoms with Gasteiger partial charge >= 0.3 is 0 Å². The van der Waals surface area contributed by atoms with Crippen molar-refractivity contribution in [2.75, 3.05) is 12.4 Å². The molecule has 4 aromatic rings. The van der Waals surface area contributed by atoms with E-state index in [1.807, 2.05) is 53.1 Å². The molecule has 0 saturated carbocycles. The molecule has 144 valence electrons. The Hall–Kier alpha value is -2.81. The minimum Gasteiger partial charge on any atom is -0.467 e. The van der Waals surface area contributed by atoms with Crippen molar-refractivity contribution in [2.45, 2.75) is 17.9 Å². The molecule has 4 rings (SSSR count). The molecule has 7 nitrogen and oxygen atoms in total. The lowest BCUT2D eigenvalue weighted by Gasteiger charge is -2.12. The lowest BCUT2D eigenvalue weighted by molar-refractivity contribution is 0.0328. The molecule has 0 aliphatic carbocycles. The number of benzene rings is 1. The summed E-state index contributed by atoms with van der Waals surface area (Å²) in [7, 11) is 0. The summed E-state index contributed by atoms with van der Waals surface area (Å²) < 4.78 is 18.1. The quantitative estimate of drug-likeness (QED) is 0.430. The van der Waals surface area contributed by atoms with E-state index in [0.29, 0.717) is 29.1 Å². The van der Waals surface area contributed by atoms with E-state index in [9.17, 15) is 5.11 Å². The van der Waals surface area contributed by atoms with Gasteiger partial charge in [0.1, 0.15) is 12.4 Å². The Labute approximate surface area is 166 Å². The minimum absolute atomic E-state index is 0.207. The van der Waals surface area contributed by atoms with Gasteiger partial charge in [0, 0.05) is 11.4 Å². The first-order chi connectivity index (χ1) is 13.8. The maximum absolute atomic E-state index is 10.2. The fourth-order valence-corrected chi connectivity index (χ4v) is 3.50. The highest BCUT2D eigenvalue weighted by molar-refractivity contribution is 7.99. The van der Waals surface area contributed by atoms with Crippen molar-refractivity contribution < 1.29 is 18.7 Å². The van der Waals surface area contributed by atoms with Crippen LogP contribution in [0.3, 0.4) is 0 Å². The topological polar surface area (TPSA) is 86.4 Å². The second kappa shape index (κ2) is 8.92. The first-order valence-electron chi connectivity index (χ1n) is 8.77. The van der Waals surface area contributed by atoms with E-state index in [0.717, 1.165) is 11.4 Å². The zero-order chi connectivity index (χ0) is 19.2. The lowest BCUT2D eigenvalue weighted by atomic mass is 10.3. The number of hydrogen-bond donors (Lipinski definition) is 1. The van der Waals surface area contributed by atoms with E-state index in [4.69, 9.17) is 13.6 Å². The fourth-order valence-electron chi connectivity index (χ4n) is 2.65. The number of hydrogen-bond acceptors (Lipinski definition) is 7. The normalized spacial score (nSPS) is 12.3. The predicted molar refractivity (Wildman–Crippen MR) is 104 cm³/mol. The van der Waals surface area contributed by atoms with Crippen molar-refractivity contribution in [3.63, 3.8) is 0 Å². The molecule has 0 spiro atoms. The van der Waals surface area contributed by atoms with Crippen molar-refractivity contribution in [3.05, 3.63) is 72.9 Å². The molecule has 28 heavy (non-hydrogen) atoms. The van der Waals surface area contributed by atoms with Gasteiger partial charge in [-0.05, 0) is 36.4 Å². The van der Waals surface area contributed by atoms with Crippen molar-refractivity contribution in [1.29, 1.82) is 0 Å². The third kappa shape index (κ3) is 4.36. The molecule has 0 bridgehead atoms. The summed E-state index contributed by atoms with van der Waals surface area (Å²) >= 11 is 1.41. The molecule has 1 atom stereocenters. The molecule has 1 N–H and O–H groups in total. The highest BCUT2D eigenvalue weighted by Gasteiger charge is 2.19. The van der Waals surface area contributed by atoms with Gasteiger partial charge in [0.15, 0.2) is 10.9 Å². The van der Waals surface area contributed by atoms with Crippen molar-refractivity contribution in [1.82, 2.24) is 14.8 Å². The Bertz CT molecular complexity index is 968. The van der Waals surface area contributed by atoms with E-state index in [2.05, 4.69) is 10.2 Å². The first-order valence-corrected chi connectivity index (χ1v) is 9.75. The van der Waals surface area contributed by atoms with Crippen LogP contribution < -0.4 is 0 Å².